The van der Waals surface area contributed by atoms with Gasteiger partial charge in [0.15, 0.2) is 0 Å². The minimum atomic E-state index is -4.57. The van der Waals surface area contributed by atoms with Gasteiger partial charge < -0.3 is 0 Å². The van der Waals surface area contributed by atoms with Gasteiger partial charge in [0.2, 0.25) is 0 Å². The zero-order chi connectivity index (χ0) is 13.5. The fourth-order valence-electron chi connectivity index (χ4n) is 1.69. The summed E-state index contributed by atoms with van der Waals surface area (Å²) in [5.41, 5.74) is -0.428. The minimum absolute atomic E-state index is 0.168. The normalized spacial score (nSPS) is 11.7. The Morgan fingerprint density at radius 1 is 1.22 bits per heavy atom. The Morgan fingerprint density at radius 2 is 1.89 bits per heavy atom. The van der Waals surface area contributed by atoms with E-state index in [4.69, 9.17) is 16.2 Å². The summed E-state index contributed by atoms with van der Waals surface area (Å²) in [6.07, 6.45) is 0. The Balaban J connectivity index is 3.07. The molecule has 0 fully saturated rings. The summed E-state index contributed by atoms with van der Waals surface area (Å²) < 4.78 is 31.5. The molecule has 0 atom stereocenters. The van der Waals surface area contributed by atoms with Gasteiger partial charge in [0.1, 0.15) is 4.90 Å². The molecule has 0 saturated carbocycles. The van der Waals surface area contributed by atoms with Crippen LogP contribution < -0.4 is 0 Å². The van der Waals surface area contributed by atoms with Gasteiger partial charge in [-0.15, -0.1) is 0 Å². The molecule has 0 unspecified atom stereocenters. The summed E-state index contributed by atoms with van der Waals surface area (Å²) in [5, 5.41) is 11.1. The lowest BCUT2D eigenvalue weighted by Crippen LogP contribution is -2.01. The molecule has 94 valence electrons. The van der Waals surface area contributed by atoms with Gasteiger partial charge in [0, 0.05) is 16.5 Å². The van der Waals surface area contributed by atoms with E-state index in [1.807, 2.05) is 0 Å². The van der Waals surface area contributed by atoms with Gasteiger partial charge in [0.05, 0.1) is 10.3 Å². The monoisotopic (exact) mass is 287 g/mol. The molecule has 0 aliphatic heterocycles. The number of fused-ring (bicyclic) bond motifs is 1. The summed E-state index contributed by atoms with van der Waals surface area (Å²) in [6, 6.07) is 6.27. The molecular weight excluding hydrogens is 282 g/mol. The van der Waals surface area contributed by atoms with E-state index >= 15 is 0 Å². The van der Waals surface area contributed by atoms with Gasteiger partial charge in [-0.25, -0.2) is 0 Å². The number of benzene rings is 2. The van der Waals surface area contributed by atoms with Crippen LogP contribution in [0.3, 0.4) is 0 Å². The second kappa shape index (κ2) is 4.20. The highest BCUT2D eigenvalue weighted by Crippen LogP contribution is 2.35. The Bertz CT molecular complexity index is 756. The summed E-state index contributed by atoms with van der Waals surface area (Å²) in [6.45, 7) is 0. The molecule has 0 spiro atoms. The van der Waals surface area contributed by atoms with E-state index in [0.29, 0.717) is 0 Å². The van der Waals surface area contributed by atoms with Crippen LogP contribution in [0.4, 0.5) is 5.69 Å². The van der Waals surface area contributed by atoms with E-state index in [0.717, 1.165) is 12.1 Å². The van der Waals surface area contributed by atoms with Crippen LogP contribution in [0.1, 0.15) is 0 Å². The van der Waals surface area contributed by atoms with Crippen molar-refractivity contribution in [2.45, 2.75) is 4.90 Å². The second-order valence-electron chi connectivity index (χ2n) is 3.48. The average molecular weight is 288 g/mol. The van der Waals surface area contributed by atoms with Crippen LogP contribution in [0.25, 0.3) is 10.8 Å². The van der Waals surface area contributed by atoms with E-state index in [2.05, 4.69) is 0 Å². The van der Waals surface area contributed by atoms with Crippen LogP contribution in [-0.4, -0.2) is 17.9 Å². The van der Waals surface area contributed by atoms with Crippen molar-refractivity contribution in [1.29, 1.82) is 0 Å². The van der Waals surface area contributed by atoms with E-state index in [1.165, 1.54) is 18.2 Å². The zero-order valence-corrected chi connectivity index (χ0v) is 10.3. The summed E-state index contributed by atoms with van der Waals surface area (Å²) in [4.78, 5) is 9.63. The van der Waals surface area contributed by atoms with Crippen molar-refractivity contribution >= 4 is 38.2 Å². The van der Waals surface area contributed by atoms with E-state index in [-0.39, 0.29) is 15.8 Å². The molecule has 0 aromatic heterocycles. The quantitative estimate of drug-likeness (QED) is 0.520. The van der Waals surface area contributed by atoms with Crippen LogP contribution >= 0.6 is 11.6 Å². The topological polar surface area (TPSA) is 97.5 Å². The van der Waals surface area contributed by atoms with Gasteiger partial charge >= 0.3 is 0 Å². The highest BCUT2D eigenvalue weighted by molar-refractivity contribution is 7.86. The number of non-ortho nitro benzene ring substituents is 1. The average Bonchev–Trinajstić information content (AvgIpc) is 2.27. The van der Waals surface area contributed by atoms with Crippen LogP contribution in [0.5, 0.6) is 0 Å². The highest BCUT2D eigenvalue weighted by Gasteiger charge is 2.23. The van der Waals surface area contributed by atoms with Crippen molar-refractivity contribution < 1.29 is 17.9 Å². The van der Waals surface area contributed by atoms with Gasteiger partial charge in [-0.1, -0.05) is 23.7 Å². The molecule has 0 bridgehead atoms. The van der Waals surface area contributed by atoms with Crippen molar-refractivity contribution in [3.05, 3.63) is 45.5 Å². The zero-order valence-electron chi connectivity index (χ0n) is 8.70. The highest BCUT2D eigenvalue weighted by atomic mass is 35.5. The van der Waals surface area contributed by atoms with Gasteiger partial charge in [-0.05, 0) is 12.1 Å². The molecule has 8 heteroatoms. The Kier molecular flexibility index (Phi) is 2.97. The predicted octanol–water partition coefficient (Wildman–Crippen LogP) is 2.65. The Hall–Kier alpha value is -1.70. The smallest absolute Gasteiger partial charge is 0.282 e. The molecule has 6 nitrogen and oxygen atoms in total. The first-order chi connectivity index (χ1) is 8.32. The molecule has 2 rings (SSSR count). The SMILES string of the molecule is O=[N+]([O-])c1ccc(Cl)c2cccc(S(=O)(=O)O)c12. The lowest BCUT2D eigenvalue weighted by molar-refractivity contribution is -0.383. The van der Waals surface area contributed by atoms with Crippen molar-refractivity contribution in [3.63, 3.8) is 0 Å². The van der Waals surface area contributed by atoms with Crippen LogP contribution in [0, 0.1) is 10.1 Å². The van der Waals surface area contributed by atoms with E-state index in [9.17, 15) is 18.5 Å². The Labute approximate surface area is 107 Å². The number of hydrogen-bond acceptors (Lipinski definition) is 4. The van der Waals surface area contributed by atoms with E-state index < -0.39 is 25.6 Å². The molecule has 2 aromatic carbocycles. The van der Waals surface area contributed by atoms with Crippen molar-refractivity contribution in [2.75, 3.05) is 0 Å². The third-order valence-electron chi connectivity index (χ3n) is 2.40. The molecule has 0 aliphatic carbocycles. The van der Waals surface area contributed by atoms with Crippen molar-refractivity contribution in [3.8, 4) is 0 Å². The first kappa shape index (κ1) is 12.7. The lowest BCUT2D eigenvalue weighted by Gasteiger charge is -2.05. The maximum atomic E-state index is 11.2. The fraction of sp³-hybridized carbons (Fsp3) is 0. The Morgan fingerprint density at radius 3 is 2.44 bits per heavy atom. The van der Waals surface area contributed by atoms with Gasteiger partial charge in [0.25, 0.3) is 15.8 Å². The first-order valence-corrected chi connectivity index (χ1v) is 6.47. The van der Waals surface area contributed by atoms with Gasteiger partial charge in [-0.3, -0.25) is 14.7 Å². The second-order valence-corrected chi connectivity index (χ2v) is 5.27. The molecule has 0 amide bonds. The maximum Gasteiger partial charge on any atom is 0.295 e. The van der Waals surface area contributed by atoms with Crippen molar-refractivity contribution in [2.24, 2.45) is 0 Å². The summed E-state index contributed by atoms with van der Waals surface area (Å²) >= 11 is 5.86. The lowest BCUT2D eigenvalue weighted by atomic mass is 10.1. The number of rotatable bonds is 2. The number of nitrogens with zero attached hydrogens (tertiary/aromatic N) is 1. The van der Waals surface area contributed by atoms with E-state index in [1.54, 1.807) is 0 Å². The standard InChI is InChI=1S/C10H6ClNO5S/c11-7-4-5-8(12(13)14)10-6(7)2-1-3-9(10)18(15,16)17/h1-5H,(H,15,16,17). The maximum absolute atomic E-state index is 11.2. The molecule has 0 saturated heterocycles. The van der Waals surface area contributed by atoms with Crippen molar-refractivity contribution in [1.82, 2.24) is 0 Å². The summed E-state index contributed by atoms with van der Waals surface area (Å²) in [5.74, 6) is 0. The van der Waals surface area contributed by atoms with Crippen LogP contribution in [0.15, 0.2) is 35.2 Å². The molecule has 2 aromatic rings. The molecule has 18 heavy (non-hydrogen) atoms. The number of hydrogen-bond donors (Lipinski definition) is 1. The molecule has 0 aliphatic rings. The number of halogens is 1. The third kappa shape index (κ3) is 2.03. The van der Waals surface area contributed by atoms with Gasteiger partial charge in [-0.2, -0.15) is 8.42 Å². The molecule has 1 N–H and O–H groups in total. The third-order valence-corrected chi connectivity index (χ3v) is 3.63. The molecule has 0 heterocycles. The summed E-state index contributed by atoms with van der Waals surface area (Å²) in [7, 11) is -4.57. The fourth-order valence-corrected chi connectivity index (χ4v) is 2.63. The minimum Gasteiger partial charge on any atom is -0.282 e. The molecular formula is C10H6ClNO5S. The predicted molar refractivity (Wildman–Crippen MR) is 65.4 cm³/mol. The first-order valence-electron chi connectivity index (χ1n) is 4.65. The van der Waals surface area contributed by atoms with Crippen LogP contribution in [-0.2, 0) is 10.1 Å². The molecule has 0 radical (unpaired) electrons. The van der Waals surface area contributed by atoms with Crippen LogP contribution in [0.2, 0.25) is 5.02 Å². The number of nitro benzene ring substituents is 1. The number of nitro groups is 1. The largest absolute Gasteiger partial charge is 0.295 e.